The van der Waals surface area contributed by atoms with Crippen LogP contribution < -0.4 is 0 Å². The van der Waals surface area contributed by atoms with E-state index in [0.717, 1.165) is 0 Å². The monoisotopic (exact) mass is 188 g/mol. The Bertz CT molecular complexity index is 405. The molecule has 1 rings (SSSR count). The van der Waals surface area contributed by atoms with Crippen LogP contribution in [0.3, 0.4) is 0 Å². The van der Waals surface area contributed by atoms with Gasteiger partial charge in [-0.2, -0.15) is 5.26 Å². The van der Waals surface area contributed by atoms with Crippen molar-refractivity contribution in [1.82, 2.24) is 4.98 Å². The number of esters is 1. The molecule has 0 unspecified atom stereocenters. The van der Waals surface area contributed by atoms with Crippen LogP contribution >= 0.6 is 0 Å². The number of ether oxygens (including phenoxy) is 1. The second-order valence-electron chi connectivity index (χ2n) is 2.48. The Kier molecular flexibility index (Phi) is 3.39. The average Bonchev–Trinajstić information content (AvgIpc) is 2.26. The van der Waals surface area contributed by atoms with Crippen molar-refractivity contribution in [1.29, 1.82) is 5.26 Å². The fourth-order valence-corrected chi connectivity index (χ4v) is 0.842. The van der Waals surface area contributed by atoms with E-state index < -0.39 is 5.97 Å². The molecular formula is C10H8N2O2. The third kappa shape index (κ3) is 2.72. The molecule has 0 saturated carbocycles. The number of nitrogens with zero attached hydrogens (tertiary/aromatic N) is 2. The lowest BCUT2D eigenvalue weighted by molar-refractivity contribution is -0.134. The zero-order valence-corrected chi connectivity index (χ0v) is 7.60. The van der Waals surface area contributed by atoms with Crippen molar-refractivity contribution in [2.45, 2.75) is 0 Å². The molecule has 0 fully saturated rings. The largest absolute Gasteiger partial charge is 0.466 e. The summed E-state index contributed by atoms with van der Waals surface area (Å²) < 4.78 is 4.42. The summed E-state index contributed by atoms with van der Waals surface area (Å²) in [7, 11) is 1.30. The number of rotatable bonds is 2. The minimum absolute atomic E-state index is 0.438. The normalized spacial score (nSPS) is 9.71. The minimum Gasteiger partial charge on any atom is -0.466 e. The van der Waals surface area contributed by atoms with Crippen molar-refractivity contribution >= 4 is 12.0 Å². The van der Waals surface area contributed by atoms with Gasteiger partial charge in [0.05, 0.1) is 12.7 Å². The second kappa shape index (κ2) is 4.77. The molecule has 4 heteroatoms. The molecule has 70 valence electrons. The lowest BCUT2D eigenvalue weighted by Gasteiger charge is -1.92. The van der Waals surface area contributed by atoms with E-state index in [9.17, 15) is 4.79 Å². The van der Waals surface area contributed by atoms with Crippen LogP contribution in [-0.4, -0.2) is 18.1 Å². The second-order valence-corrected chi connectivity index (χ2v) is 2.48. The van der Waals surface area contributed by atoms with Crippen LogP contribution in [0.5, 0.6) is 0 Å². The van der Waals surface area contributed by atoms with Gasteiger partial charge in [-0.05, 0) is 17.7 Å². The highest BCUT2D eigenvalue weighted by atomic mass is 16.5. The van der Waals surface area contributed by atoms with E-state index in [1.54, 1.807) is 18.3 Å². The predicted octanol–water partition coefficient (Wildman–Crippen LogP) is 1.14. The first kappa shape index (κ1) is 9.93. The van der Waals surface area contributed by atoms with Gasteiger partial charge in [-0.15, -0.1) is 0 Å². The summed E-state index contributed by atoms with van der Waals surface area (Å²) in [6.45, 7) is 0. The Morgan fingerprint density at radius 1 is 1.64 bits per heavy atom. The fraction of sp³-hybridized carbons (Fsp3) is 0.100. The molecule has 0 amide bonds. The van der Waals surface area contributed by atoms with Crippen LogP contribution in [0.1, 0.15) is 11.1 Å². The molecular weight excluding hydrogens is 180 g/mol. The van der Waals surface area contributed by atoms with Crippen molar-refractivity contribution in [3.63, 3.8) is 0 Å². The maximum atomic E-state index is 10.7. The zero-order chi connectivity index (χ0) is 10.4. The van der Waals surface area contributed by atoms with Gasteiger partial charge in [0.2, 0.25) is 0 Å². The molecule has 1 heterocycles. The van der Waals surface area contributed by atoms with E-state index in [2.05, 4.69) is 9.72 Å². The van der Waals surface area contributed by atoms with Crippen LogP contribution in [-0.2, 0) is 9.53 Å². The summed E-state index contributed by atoms with van der Waals surface area (Å²) in [5, 5.41) is 8.58. The highest BCUT2D eigenvalue weighted by Gasteiger charge is 1.94. The van der Waals surface area contributed by atoms with Gasteiger partial charge in [0.25, 0.3) is 0 Å². The molecule has 0 aliphatic rings. The lowest BCUT2D eigenvalue weighted by Crippen LogP contribution is -1.93. The minimum atomic E-state index is -0.438. The molecule has 0 radical (unpaired) electrons. The van der Waals surface area contributed by atoms with Crippen molar-refractivity contribution in [2.24, 2.45) is 0 Å². The molecule has 0 aromatic carbocycles. The number of aromatic nitrogens is 1. The lowest BCUT2D eigenvalue weighted by atomic mass is 10.2. The molecule has 0 saturated heterocycles. The highest BCUT2D eigenvalue weighted by molar-refractivity contribution is 5.86. The van der Waals surface area contributed by atoms with Gasteiger partial charge >= 0.3 is 5.97 Å². The van der Waals surface area contributed by atoms with Gasteiger partial charge in [0.1, 0.15) is 6.07 Å². The number of nitriles is 1. The summed E-state index contributed by atoms with van der Waals surface area (Å²) >= 11 is 0. The van der Waals surface area contributed by atoms with Crippen LogP contribution in [0.4, 0.5) is 0 Å². The van der Waals surface area contributed by atoms with E-state index >= 15 is 0 Å². The molecule has 0 bridgehead atoms. The van der Waals surface area contributed by atoms with Crippen molar-refractivity contribution < 1.29 is 9.53 Å². The van der Waals surface area contributed by atoms with Gasteiger partial charge < -0.3 is 4.74 Å². The van der Waals surface area contributed by atoms with Crippen LogP contribution in [0.25, 0.3) is 6.08 Å². The molecule has 0 aliphatic heterocycles. The molecule has 1 aromatic rings. The Labute approximate surface area is 81.5 Å². The summed E-state index contributed by atoms with van der Waals surface area (Å²) in [4.78, 5) is 14.6. The first-order chi connectivity index (χ1) is 6.76. The van der Waals surface area contributed by atoms with Crippen molar-refractivity contribution in [3.8, 4) is 6.07 Å². The summed E-state index contributed by atoms with van der Waals surface area (Å²) in [5.74, 6) is -0.438. The van der Waals surface area contributed by atoms with Gasteiger partial charge in [-0.3, -0.25) is 4.98 Å². The molecule has 0 N–H and O–H groups in total. The number of carbonyl (C=O) groups excluding carboxylic acids is 1. The predicted molar refractivity (Wildman–Crippen MR) is 50.0 cm³/mol. The van der Waals surface area contributed by atoms with Gasteiger partial charge in [0.15, 0.2) is 0 Å². The fourth-order valence-electron chi connectivity index (χ4n) is 0.842. The van der Waals surface area contributed by atoms with Gasteiger partial charge in [0, 0.05) is 18.5 Å². The summed E-state index contributed by atoms with van der Waals surface area (Å²) in [6.07, 6.45) is 5.83. The molecule has 0 atom stereocenters. The maximum absolute atomic E-state index is 10.7. The van der Waals surface area contributed by atoms with E-state index in [-0.39, 0.29) is 0 Å². The van der Waals surface area contributed by atoms with E-state index in [1.165, 1.54) is 19.4 Å². The summed E-state index contributed by atoms with van der Waals surface area (Å²) in [5.41, 5.74) is 1.14. The van der Waals surface area contributed by atoms with Gasteiger partial charge in [-0.25, -0.2) is 4.79 Å². The number of hydrogen-bond acceptors (Lipinski definition) is 4. The topological polar surface area (TPSA) is 63.0 Å². The van der Waals surface area contributed by atoms with Crippen molar-refractivity contribution in [3.05, 3.63) is 35.7 Å². The number of hydrogen-bond donors (Lipinski definition) is 0. The molecule has 14 heavy (non-hydrogen) atoms. The number of methoxy groups -OCH3 is 1. The highest BCUT2D eigenvalue weighted by Crippen LogP contribution is 2.03. The molecule has 0 spiro atoms. The molecule has 0 aliphatic carbocycles. The van der Waals surface area contributed by atoms with Crippen LogP contribution in [0.15, 0.2) is 24.5 Å². The number of carbonyl (C=O) groups is 1. The maximum Gasteiger partial charge on any atom is 0.330 e. The quantitative estimate of drug-likeness (QED) is 0.515. The third-order valence-electron chi connectivity index (χ3n) is 1.50. The first-order valence-electron chi connectivity index (χ1n) is 3.87. The van der Waals surface area contributed by atoms with E-state index in [0.29, 0.717) is 11.1 Å². The Hall–Kier alpha value is -2.15. The van der Waals surface area contributed by atoms with Gasteiger partial charge in [-0.1, -0.05) is 0 Å². The SMILES string of the molecule is COC(=O)C=Cc1cncc(C#N)c1. The third-order valence-corrected chi connectivity index (χ3v) is 1.50. The number of pyridine rings is 1. The van der Waals surface area contributed by atoms with E-state index in [4.69, 9.17) is 5.26 Å². The average molecular weight is 188 g/mol. The summed E-state index contributed by atoms with van der Waals surface area (Å²) in [6, 6.07) is 3.59. The Morgan fingerprint density at radius 3 is 3.07 bits per heavy atom. The molecule has 1 aromatic heterocycles. The zero-order valence-electron chi connectivity index (χ0n) is 7.60. The first-order valence-corrected chi connectivity index (χ1v) is 3.87. The van der Waals surface area contributed by atoms with E-state index in [1.807, 2.05) is 6.07 Å². The Balaban J connectivity index is 2.83. The Morgan fingerprint density at radius 2 is 2.43 bits per heavy atom. The molecule has 4 nitrogen and oxygen atoms in total. The smallest absolute Gasteiger partial charge is 0.330 e. The van der Waals surface area contributed by atoms with Crippen LogP contribution in [0, 0.1) is 11.3 Å². The van der Waals surface area contributed by atoms with Crippen LogP contribution in [0.2, 0.25) is 0 Å². The van der Waals surface area contributed by atoms with Crippen molar-refractivity contribution in [2.75, 3.05) is 7.11 Å². The standard InChI is InChI=1S/C10H8N2O2/c1-14-10(13)3-2-8-4-9(5-11)7-12-6-8/h2-4,6-7H,1H3.